The van der Waals surface area contributed by atoms with Crippen molar-refractivity contribution in [3.63, 3.8) is 0 Å². The van der Waals surface area contributed by atoms with Gasteiger partial charge in [-0.3, -0.25) is 0 Å². The van der Waals surface area contributed by atoms with E-state index >= 15 is 0 Å². The Labute approximate surface area is 132 Å². The molecular weight excluding hydrogens is 363 g/mol. The van der Waals surface area contributed by atoms with Gasteiger partial charge in [0.25, 0.3) is 0 Å². The molecule has 0 radical (unpaired) electrons. The first-order valence-corrected chi connectivity index (χ1v) is 8.89. The van der Waals surface area contributed by atoms with Gasteiger partial charge in [0.15, 0.2) is 0 Å². The Morgan fingerprint density at radius 2 is 2.00 bits per heavy atom. The van der Waals surface area contributed by atoms with Gasteiger partial charge in [-0.1, -0.05) is 12.8 Å². The minimum absolute atomic E-state index is 0.146. The predicted molar refractivity (Wildman–Crippen MR) is 81.7 cm³/mol. The quantitative estimate of drug-likeness (QED) is 0.786. The number of nitrogen functional groups attached to an aromatic ring is 1. The molecule has 0 bridgehead atoms. The van der Waals surface area contributed by atoms with Crippen molar-refractivity contribution >= 4 is 31.6 Å². The standard InChI is InChI=1S/C13H18BrFN2O3S/c1-17(11-4-2-3-5-12(11)18)21(19,20)13-7-10(16)8(14)6-9(13)15/h6-7,11-12,18H,2-5,16H2,1H3. The van der Waals surface area contributed by atoms with Gasteiger partial charge in [0.1, 0.15) is 10.7 Å². The van der Waals surface area contributed by atoms with Crippen LogP contribution in [-0.2, 0) is 10.0 Å². The van der Waals surface area contributed by atoms with E-state index in [1.54, 1.807) is 0 Å². The topological polar surface area (TPSA) is 83.6 Å². The number of nitrogens with two attached hydrogens (primary N) is 1. The fourth-order valence-corrected chi connectivity index (χ4v) is 4.40. The Morgan fingerprint density at radius 1 is 1.38 bits per heavy atom. The van der Waals surface area contributed by atoms with Crippen LogP contribution in [0.1, 0.15) is 25.7 Å². The normalized spacial score (nSPS) is 23.5. The molecule has 1 fully saturated rings. The second-order valence-corrected chi connectivity index (χ2v) is 8.06. The summed E-state index contributed by atoms with van der Waals surface area (Å²) in [6.45, 7) is 0. The first kappa shape index (κ1) is 16.7. The second kappa shape index (κ2) is 6.20. The second-order valence-electron chi connectivity index (χ2n) is 5.24. The number of sulfonamides is 1. The smallest absolute Gasteiger partial charge is 0.246 e. The first-order chi connectivity index (χ1) is 9.75. The third kappa shape index (κ3) is 3.23. The Balaban J connectivity index is 2.39. The van der Waals surface area contributed by atoms with E-state index in [1.165, 1.54) is 7.05 Å². The number of aliphatic hydroxyl groups is 1. The van der Waals surface area contributed by atoms with Crippen LogP contribution in [-0.4, -0.2) is 37.0 Å². The van der Waals surface area contributed by atoms with Crippen molar-refractivity contribution in [2.24, 2.45) is 0 Å². The lowest BCUT2D eigenvalue weighted by Crippen LogP contribution is -2.46. The number of likely N-dealkylation sites (N-methyl/N-ethyl adjacent to an activating group) is 1. The van der Waals surface area contributed by atoms with E-state index in [-0.39, 0.29) is 5.69 Å². The maximum atomic E-state index is 14.0. The molecule has 5 nitrogen and oxygen atoms in total. The molecule has 0 spiro atoms. The van der Waals surface area contributed by atoms with Gasteiger partial charge in [0.05, 0.1) is 12.1 Å². The molecule has 1 aromatic carbocycles. The van der Waals surface area contributed by atoms with Crippen LogP contribution >= 0.6 is 15.9 Å². The number of halogens is 2. The van der Waals surface area contributed by atoms with E-state index in [0.717, 1.165) is 29.3 Å². The molecule has 118 valence electrons. The van der Waals surface area contributed by atoms with Gasteiger partial charge in [-0.05, 0) is 40.9 Å². The number of nitrogens with zero attached hydrogens (tertiary/aromatic N) is 1. The van der Waals surface area contributed by atoms with Crippen LogP contribution in [0.4, 0.5) is 10.1 Å². The molecule has 2 unspecified atom stereocenters. The van der Waals surface area contributed by atoms with E-state index in [2.05, 4.69) is 15.9 Å². The summed E-state index contributed by atoms with van der Waals surface area (Å²) in [6.07, 6.45) is 2.09. The summed E-state index contributed by atoms with van der Waals surface area (Å²) in [5.41, 5.74) is 5.79. The fraction of sp³-hybridized carbons (Fsp3) is 0.538. The van der Waals surface area contributed by atoms with Crippen molar-refractivity contribution in [2.45, 2.75) is 42.7 Å². The molecule has 3 N–H and O–H groups in total. The zero-order chi connectivity index (χ0) is 15.8. The number of anilines is 1. The first-order valence-electron chi connectivity index (χ1n) is 6.65. The summed E-state index contributed by atoms with van der Waals surface area (Å²) in [5, 5.41) is 9.99. The van der Waals surface area contributed by atoms with E-state index in [4.69, 9.17) is 5.73 Å². The molecule has 0 aromatic heterocycles. The summed E-state index contributed by atoms with van der Waals surface area (Å²) in [4.78, 5) is -0.469. The maximum Gasteiger partial charge on any atom is 0.246 e. The SMILES string of the molecule is CN(C1CCCCC1O)S(=O)(=O)c1cc(N)c(Br)cc1F. The zero-order valence-electron chi connectivity index (χ0n) is 11.6. The summed E-state index contributed by atoms with van der Waals surface area (Å²) < 4.78 is 40.5. The Bertz CT molecular complexity index is 639. The molecule has 1 saturated carbocycles. The highest BCUT2D eigenvalue weighted by Crippen LogP contribution is 2.31. The van der Waals surface area contributed by atoms with Crippen LogP contribution in [0.5, 0.6) is 0 Å². The lowest BCUT2D eigenvalue weighted by Gasteiger charge is -2.34. The van der Waals surface area contributed by atoms with Gasteiger partial charge < -0.3 is 10.8 Å². The van der Waals surface area contributed by atoms with Crippen molar-refractivity contribution in [3.8, 4) is 0 Å². The van der Waals surface area contributed by atoms with E-state index in [1.807, 2.05) is 0 Å². The maximum absolute atomic E-state index is 14.0. The van der Waals surface area contributed by atoms with Gasteiger partial charge in [-0.25, -0.2) is 12.8 Å². The van der Waals surface area contributed by atoms with Gasteiger partial charge in [0.2, 0.25) is 10.0 Å². The number of hydrogen-bond donors (Lipinski definition) is 2. The number of hydrogen-bond acceptors (Lipinski definition) is 4. The largest absolute Gasteiger partial charge is 0.398 e. The van der Waals surface area contributed by atoms with Crippen molar-refractivity contribution in [3.05, 3.63) is 22.4 Å². The zero-order valence-corrected chi connectivity index (χ0v) is 14.0. The van der Waals surface area contributed by atoms with Crippen molar-refractivity contribution in [1.29, 1.82) is 0 Å². The third-order valence-corrected chi connectivity index (χ3v) is 6.45. The van der Waals surface area contributed by atoms with Crippen molar-refractivity contribution in [2.75, 3.05) is 12.8 Å². The Morgan fingerprint density at radius 3 is 2.62 bits per heavy atom. The van der Waals surface area contributed by atoms with Gasteiger partial charge >= 0.3 is 0 Å². The highest BCUT2D eigenvalue weighted by molar-refractivity contribution is 9.10. The molecular formula is C13H18BrFN2O3S. The number of rotatable bonds is 3. The molecule has 0 aliphatic heterocycles. The molecule has 0 amide bonds. The molecule has 0 heterocycles. The van der Waals surface area contributed by atoms with Gasteiger partial charge in [0, 0.05) is 17.2 Å². The van der Waals surface area contributed by atoms with Crippen LogP contribution in [0.15, 0.2) is 21.5 Å². The molecule has 1 aliphatic rings. The van der Waals surface area contributed by atoms with Crippen molar-refractivity contribution in [1.82, 2.24) is 4.31 Å². The van der Waals surface area contributed by atoms with Crippen LogP contribution in [0, 0.1) is 5.82 Å². The monoisotopic (exact) mass is 380 g/mol. The van der Waals surface area contributed by atoms with Gasteiger partial charge in [-0.2, -0.15) is 4.31 Å². The minimum atomic E-state index is -4.04. The third-order valence-electron chi connectivity index (χ3n) is 3.87. The van der Waals surface area contributed by atoms with E-state index in [0.29, 0.717) is 17.3 Å². The van der Waals surface area contributed by atoms with E-state index in [9.17, 15) is 17.9 Å². The highest BCUT2D eigenvalue weighted by Gasteiger charge is 2.35. The van der Waals surface area contributed by atoms with Crippen LogP contribution in [0.3, 0.4) is 0 Å². The fourth-order valence-electron chi connectivity index (χ4n) is 2.59. The van der Waals surface area contributed by atoms with Crippen LogP contribution in [0.25, 0.3) is 0 Å². The summed E-state index contributed by atoms with van der Waals surface area (Å²) in [7, 11) is -2.68. The molecule has 0 saturated heterocycles. The van der Waals surface area contributed by atoms with Crippen LogP contribution in [0.2, 0.25) is 0 Å². The van der Waals surface area contributed by atoms with Gasteiger partial charge in [-0.15, -0.1) is 0 Å². The summed E-state index contributed by atoms with van der Waals surface area (Å²) >= 11 is 3.06. The predicted octanol–water partition coefficient (Wildman–Crippen LogP) is 2.09. The minimum Gasteiger partial charge on any atom is -0.398 e. The van der Waals surface area contributed by atoms with Crippen molar-refractivity contribution < 1.29 is 17.9 Å². The molecule has 2 atom stereocenters. The number of aliphatic hydroxyl groups excluding tert-OH is 1. The Kier molecular flexibility index (Phi) is 4.92. The molecule has 21 heavy (non-hydrogen) atoms. The average Bonchev–Trinajstić information content (AvgIpc) is 2.42. The summed E-state index contributed by atoms with van der Waals surface area (Å²) in [6, 6.07) is 1.60. The molecule has 1 aromatic rings. The summed E-state index contributed by atoms with van der Waals surface area (Å²) in [5.74, 6) is -0.867. The molecule has 2 rings (SSSR count). The Hall–Kier alpha value is -0.700. The van der Waals surface area contributed by atoms with Crippen LogP contribution < -0.4 is 5.73 Å². The average molecular weight is 381 g/mol. The molecule has 1 aliphatic carbocycles. The number of benzene rings is 1. The lowest BCUT2D eigenvalue weighted by atomic mass is 9.93. The lowest BCUT2D eigenvalue weighted by molar-refractivity contribution is 0.0637. The molecule has 8 heteroatoms. The van der Waals surface area contributed by atoms with E-state index < -0.39 is 32.9 Å². The highest BCUT2D eigenvalue weighted by atomic mass is 79.9.